The summed E-state index contributed by atoms with van der Waals surface area (Å²) in [6.07, 6.45) is 3.32. The lowest BCUT2D eigenvalue weighted by Crippen LogP contribution is -2.32. The highest BCUT2D eigenvalue weighted by atomic mass is 16.5. The second-order valence-electron chi connectivity index (χ2n) is 6.02. The molecule has 1 aliphatic heterocycles. The van der Waals surface area contributed by atoms with Gasteiger partial charge in [-0.05, 0) is 49.4 Å². The van der Waals surface area contributed by atoms with Crippen LogP contribution in [0.4, 0.5) is 5.69 Å². The highest BCUT2D eigenvalue weighted by Gasteiger charge is 2.32. The van der Waals surface area contributed by atoms with E-state index in [1.165, 1.54) is 0 Å². The van der Waals surface area contributed by atoms with E-state index >= 15 is 0 Å². The summed E-state index contributed by atoms with van der Waals surface area (Å²) < 4.78 is 5.53. The molecule has 1 amide bonds. The summed E-state index contributed by atoms with van der Waals surface area (Å²) in [6.45, 7) is 2.75. The van der Waals surface area contributed by atoms with Gasteiger partial charge in [0.05, 0.1) is 12.5 Å². The number of nitrogens with zero attached hydrogens (tertiary/aromatic N) is 1. The Morgan fingerprint density at radius 2 is 2.14 bits per heavy atom. The maximum Gasteiger partial charge on any atom is 0.231 e. The minimum atomic E-state index is 0.0909. The van der Waals surface area contributed by atoms with Crippen molar-refractivity contribution in [3.8, 4) is 0 Å². The van der Waals surface area contributed by atoms with E-state index in [-0.39, 0.29) is 11.7 Å². The van der Waals surface area contributed by atoms with Crippen molar-refractivity contribution in [2.75, 3.05) is 18.6 Å². The number of Topliss-reactive ketones (excluding diaryl/α,β-unsaturated/α-hetero) is 1. The summed E-state index contributed by atoms with van der Waals surface area (Å²) >= 11 is 0. The van der Waals surface area contributed by atoms with Crippen molar-refractivity contribution in [1.82, 2.24) is 0 Å². The molecule has 1 heterocycles. The average molecular weight is 287 g/mol. The molecule has 1 aromatic rings. The first-order chi connectivity index (χ1) is 10.1. The van der Waals surface area contributed by atoms with Crippen molar-refractivity contribution in [2.45, 2.75) is 38.7 Å². The van der Waals surface area contributed by atoms with Gasteiger partial charge in [-0.2, -0.15) is 0 Å². The third kappa shape index (κ3) is 2.72. The molecule has 0 unspecified atom stereocenters. The van der Waals surface area contributed by atoms with Gasteiger partial charge in [-0.15, -0.1) is 0 Å². The SMILES string of the molecule is CCOC1CC(CC(=O)c2ccc3c(c2)CC(=O)N3C)C1. The van der Waals surface area contributed by atoms with Gasteiger partial charge in [-0.1, -0.05) is 0 Å². The summed E-state index contributed by atoms with van der Waals surface area (Å²) in [4.78, 5) is 25.7. The first-order valence-electron chi connectivity index (χ1n) is 7.62. The van der Waals surface area contributed by atoms with Gasteiger partial charge >= 0.3 is 0 Å². The van der Waals surface area contributed by atoms with Crippen LogP contribution in [0.25, 0.3) is 0 Å². The van der Waals surface area contributed by atoms with E-state index in [9.17, 15) is 9.59 Å². The maximum absolute atomic E-state index is 12.3. The number of rotatable bonds is 5. The molecule has 1 saturated carbocycles. The number of ketones is 1. The zero-order valence-corrected chi connectivity index (χ0v) is 12.6. The van der Waals surface area contributed by atoms with E-state index in [0.717, 1.165) is 36.3 Å². The van der Waals surface area contributed by atoms with Gasteiger partial charge in [0.25, 0.3) is 0 Å². The molecule has 0 aromatic heterocycles. The Morgan fingerprint density at radius 3 is 2.86 bits per heavy atom. The molecule has 112 valence electrons. The first-order valence-corrected chi connectivity index (χ1v) is 7.62. The molecule has 4 nitrogen and oxygen atoms in total. The molecule has 0 atom stereocenters. The fraction of sp³-hybridized carbons (Fsp3) is 0.529. The largest absolute Gasteiger partial charge is 0.378 e. The summed E-state index contributed by atoms with van der Waals surface area (Å²) in [5.74, 6) is 0.722. The summed E-state index contributed by atoms with van der Waals surface area (Å²) in [5.41, 5.74) is 2.63. The van der Waals surface area contributed by atoms with Crippen LogP contribution in [0, 0.1) is 5.92 Å². The second kappa shape index (κ2) is 5.60. The summed E-state index contributed by atoms with van der Waals surface area (Å²) in [6, 6.07) is 5.62. The average Bonchev–Trinajstić information content (AvgIpc) is 2.71. The number of carbonyl (C=O) groups excluding carboxylic acids is 2. The van der Waals surface area contributed by atoms with Gasteiger partial charge in [-0.3, -0.25) is 9.59 Å². The van der Waals surface area contributed by atoms with Crippen LogP contribution in [0.2, 0.25) is 0 Å². The Balaban J connectivity index is 1.62. The number of carbonyl (C=O) groups is 2. The first kappa shape index (κ1) is 14.3. The molecule has 0 saturated heterocycles. The molecular formula is C17H21NO3. The van der Waals surface area contributed by atoms with Gasteiger partial charge in [-0.25, -0.2) is 0 Å². The quantitative estimate of drug-likeness (QED) is 0.782. The van der Waals surface area contributed by atoms with Crippen molar-refractivity contribution in [3.05, 3.63) is 29.3 Å². The number of anilines is 1. The highest BCUT2D eigenvalue weighted by molar-refractivity contribution is 6.03. The van der Waals surface area contributed by atoms with Crippen molar-refractivity contribution in [2.24, 2.45) is 5.92 Å². The van der Waals surface area contributed by atoms with Crippen molar-refractivity contribution < 1.29 is 14.3 Å². The molecule has 2 aliphatic rings. The maximum atomic E-state index is 12.3. The lowest BCUT2D eigenvalue weighted by atomic mass is 9.78. The zero-order valence-electron chi connectivity index (χ0n) is 12.6. The Morgan fingerprint density at radius 1 is 1.38 bits per heavy atom. The Kier molecular flexibility index (Phi) is 3.81. The van der Waals surface area contributed by atoms with E-state index in [4.69, 9.17) is 4.74 Å². The fourth-order valence-corrected chi connectivity index (χ4v) is 3.24. The molecule has 1 aromatic carbocycles. The van der Waals surface area contributed by atoms with Crippen molar-refractivity contribution in [3.63, 3.8) is 0 Å². The van der Waals surface area contributed by atoms with E-state index in [2.05, 4.69) is 0 Å². The smallest absolute Gasteiger partial charge is 0.231 e. The van der Waals surface area contributed by atoms with Crippen molar-refractivity contribution >= 4 is 17.4 Å². The molecule has 4 heteroatoms. The van der Waals surface area contributed by atoms with Crippen LogP contribution in [0.1, 0.15) is 42.1 Å². The van der Waals surface area contributed by atoms with E-state index < -0.39 is 0 Å². The second-order valence-corrected chi connectivity index (χ2v) is 6.02. The third-order valence-corrected chi connectivity index (χ3v) is 4.55. The van der Waals surface area contributed by atoms with Crippen molar-refractivity contribution in [1.29, 1.82) is 0 Å². The summed E-state index contributed by atoms with van der Waals surface area (Å²) in [7, 11) is 1.78. The van der Waals surface area contributed by atoms with Gasteiger partial charge in [0.2, 0.25) is 5.91 Å². The number of benzene rings is 1. The standard InChI is InChI=1S/C17H21NO3/c1-3-21-14-6-11(7-14)8-16(19)12-4-5-15-13(9-12)10-17(20)18(15)2/h4-5,9,11,14H,3,6-8,10H2,1-2H3. The van der Waals surface area contributed by atoms with Crippen LogP contribution in [-0.4, -0.2) is 31.4 Å². The predicted octanol–water partition coefficient (Wildman–Crippen LogP) is 2.59. The number of hydrogen-bond acceptors (Lipinski definition) is 3. The molecule has 1 fully saturated rings. The topological polar surface area (TPSA) is 46.6 Å². The van der Waals surface area contributed by atoms with Crippen LogP contribution in [0.3, 0.4) is 0 Å². The van der Waals surface area contributed by atoms with Gasteiger partial charge in [0.1, 0.15) is 0 Å². The minimum absolute atomic E-state index is 0.0909. The summed E-state index contributed by atoms with van der Waals surface area (Å²) in [5, 5.41) is 0. The molecule has 0 bridgehead atoms. The van der Waals surface area contributed by atoms with Crippen LogP contribution < -0.4 is 4.90 Å². The fourth-order valence-electron chi connectivity index (χ4n) is 3.24. The number of ether oxygens (including phenoxy) is 1. The number of likely N-dealkylation sites (N-methyl/N-ethyl adjacent to an activating group) is 1. The molecule has 21 heavy (non-hydrogen) atoms. The van der Waals surface area contributed by atoms with Crippen LogP contribution in [0.5, 0.6) is 0 Å². The molecule has 1 aliphatic carbocycles. The molecule has 0 radical (unpaired) electrons. The lowest BCUT2D eigenvalue weighted by molar-refractivity contribution is -0.117. The third-order valence-electron chi connectivity index (χ3n) is 4.55. The van der Waals surface area contributed by atoms with Crippen LogP contribution in [0.15, 0.2) is 18.2 Å². The van der Waals surface area contributed by atoms with Gasteiger partial charge in [0, 0.05) is 31.3 Å². The Hall–Kier alpha value is -1.68. The van der Waals surface area contributed by atoms with E-state index in [1.54, 1.807) is 11.9 Å². The van der Waals surface area contributed by atoms with Crippen LogP contribution in [-0.2, 0) is 16.0 Å². The predicted molar refractivity (Wildman–Crippen MR) is 80.6 cm³/mol. The van der Waals surface area contributed by atoms with Crippen LogP contribution >= 0.6 is 0 Å². The van der Waals surface area contributed by atoms with E-state index in [1.807, 2.05) is 25.1 Å². The number of hydrogen-bond donors (Lipinski definition) is 0. The highest BCUT2D eigenvalue weighted by Crippen LogP contribution is 2.34. The number of fused-ring (bicyclic) bond motifs is 1. The Bertz CT molecular complexity index is 575. The zero-order chi connectivity index (χ0) is 15.0. The Labute approximate surface area is 125 Å². The van der Waals surface area contributed by atoms with E-state index in [0.29, 0.717) is 24.9 Å². The van der Waals surface area contributed by atoms with Gasteiger partial charge in [0.15, 0.2) is 5.78 Å². The normalized spacial score (nSPS) is 23.9. The lowest BCUT2D eigenvalue weighted by Gasteiger charge is -2.34. The molecule has 3 rings (SSSR count). The van der Waals surface area contributed by atoms with Gasteiger partial charge < -0.3 is 9.64 Å². The molecular weight excluding hydrogens is 266 g/mol. The molecule has 0 spiro atoms. The molecule has 0 N–H and O–H groups in total. The minimum Gasteiger partial charge on any atom is -0.378 e. The number of amides is 1. The monoisotopic (exact) mass is 287 g/mol.